The van der Waals surface area contributed by atoms with Crippen LogP contribution in [0.25, 0.3) is 0 Å². The molecule has 27 heavy (non-hydrogen) atoms. The Balaban J connectivity index is 0.000000488. The number of nitrogens with zero attached hydrogens (tertiary/aromatic N) is 4. The van der Waals surface area contributed by atoms with Crippen molar-refractivity contribution in [3.63, 3.8) is 0 Å². The maximum atomic E-state index is 13.1. The van der Waals surface area contributed by atoms with Gasteiger partial charge in [-0.2, -0.15) is 0 Å². The number of esters is 1. The van der Waals surface area contributed by atoms with E-state index in [9.17, 15) is 23.5 Å². The Morgan fingerprint density at radius 2 is 1.48 bits per heavy atom. The summed E-state index contributed by atoms with van der Waals surface area (Å²) < 4.78 is 30.6. The summed E-state index contributed by atoms with van der Waals surface area (Å²) in [5.74, 6) is -4.90. The number of hydrogen-bond donors (Lipinski definition) is 0. The fraction of sp³-hybridized carbons (Fsp3) is 0.375. The van der Waals surface area contributed by atoms with Crippen molar-refractivity contribution >= 4 is 11.9 Å². The summed E-state index contributed by atoms with van der Waals surface area (Å²) >= 11 is 0. The molecule has 0 aliphatic carbocycles. The van der Waals surface area contributed by atoms with Crippen LogP contribution >= 0.6 is 0 Å². The zero-order chi connectivity index (χ0) is 19.7. The van der Waals surface area contributed by atoms with Crippen molar-refractivity contribution < 1.29 is 57.8 Å². The zero-order valence-electron chi connectivity index (χ0n) is 15.3. The molecule has 11 heteroatoms. The molecule has 0 spiro atoms. The first-order valence-electron chi connectivity index (χ1n) is 7.57. The maximum absolute atomic E-state index is 13.1. The number of aliphatic carboxylic acids is 1. The molecule has 2 unspecified atom stereocenters. The van der Waals surface area contributed by atoms with Gasteiger partial charge in [0.25, 0.3) is 0 Å². The molecule has 2 aromatic heterocycles. The first-order chi connectivity index (χ1) is 12.3. The Kier molecular flexibility index (Phi) is 11.4. The maximum Gasteiger partial charge on any atom is 1.00 e. The third kappa shape index (κ3) is 7.61. The second-order valence-electron chi connectivity index (χ2n) is 5.03. The molecular formula is C16H17F2N4NaO4. The fourth-order valence-electron chi connectivity index (χ4n) is 1.77. The van der Waals surface area contributed by atoms with E-state index < -0.39 is 35.4 Å². The minimum absolute atomic E-state index is 0. The van der Waals surface area contributed by atoms with Crippen molar-refractivity contribution in [3.05, 3.63) is 48.1 Å². The van der Waals surface area contributed by atoms with E-state index in [1.54, 1.807) is 13.8 Å². The number of rotatable bonds is 5. The normalized spacial score (nSPS) is 11.9. The van der Waals surface area contributed by atoms with Gasteiger partial charge in [0.1, 0.15) is 12.7 Å². The van der Waals surface area contributed by atoms with Gasteiger partial charge >= 0.3 is 35.5 Å². The van der Waals surface area contributed by atoms with Gasteiger partial charge in [-0.3, -0.25) is 4.79 Å². The molecule has 2 aromatic rings. The van der Waals surface area contributed by atoms with Gasteiger partial charge in [0.15, 0.2) is 11.6 Å². The number of ether oxygens (including phenoxy) is 1. The summed E-state index contributed by atoms with van der Waals surface area (Å²) in [4.78, 5) is 35.6. The number of halogens is 2. The number of carboxylic acids is 1. The summed E-state index contributed by atoms with van der Waals surface area (Å²) in [5.41, 5.74) is -0.0801. The van der Waals surface area contributed by atoms with E-state index in [0.717, 1.165) is 18.7 Å². The molecule has 0 bridgehead atoms. The summed E-state index contributed by atoms with van der Waals surface area (Å²) in [6.07, 6.45) is 4.24. The van der Waals surface area contributed by atoms with Crippen molar-refractivity contribution in [2.75, 3.05) is 6.61 Å². The molecule has 0 aliphatic rings. The molecule has 0 radical (unpaired) electrons. The summed E-state index contributed by atoms with van der Waals surface area (Å²) in [7, 11) is 0. The average molecular weight is 390 g/mol. The summed E-state index contributed by atoms with van der Waals surface area (Å²) in [6.45, 7) is 4.82. The molecule has 0 N–H and O–H groups in total. The van der Waals surface area contributed by atoms with Gasteiger partial charge < -0.3 is 14.6 Å². The second kappa shape index (κ2) is 12.4. The van der Waals surface area contributed by atoms with Crippen LogP contribution < -0.4 is 34.7 Å². The van der Waals surface area contributed by atoms with Crippen LogP contribution in [-0.2, 0) is 14.3 Å². The topological polar surface area (TPSA) is 118 Å². The molecule has 0 aliphatic heterocycles. The first-order valence-corrected chi connectivity index (χ1v) is 7.57. The van der Waals surface area contributed by atoms with Gasteiger partial charge in [0.2, 0.25) is 0 Å². The van der Waals surface area contributed by atoms with Crippen LogP contribution in [0.5, 0.6) is 0 Å². The Labute approximate surface area is 176 Å². The fourth-order valence-corrected chi connectivity index (χ4v) is 1.77. The van der Waals surface area contributed by atoms with Crippen molar-refractivity contribution in [2.45, 2.75) is 32.6 Å². The van der Waals surface area contributed by atoms with E-state index in [1.807, 2.05) is 0 Å². The molecule has 0 amide bonds. The molecule has 0 saturated heterocycles. The van der Waals surface area contributed by atoms with Crippen molar-refractivity contribution in [1.29, 1.82) is 0 Å². The molecule has 140 valence electrons. The van der Waals surface area contributed by atoms with Gasteiger partial charge in [-0.25, -0.2) is 28.7 Å². The molecule has 2 heterocycles. The van der Waals surface area contributed by atoms with E-state index in [2.05, 4.69) is 19.9 Å². The zero-order valence-corrected chi connectivity index (χ0v) is 17.3. The Bertz CT molecular complexity index is 767. The smallest absolute Gasteiger partial charge is 0.549 e. The van der Waals surface area contributed by atoms with Gasteiger partial charge in [0.05, 0.1) is 42.3 Å². The minimum Gasteiger partial charge on any atom is -0.549 e. The standard InChI is InChI=1S/C9H11FN2O2.C7H7FN2O2.Na/c1-3-14-9(13)6(2)8-7(10)4-11-5-12-8;1-4(7(11)12)6-5(8)2-9-3-10-6;/h4-6H,3H2,1-2H3;2-4H,1H3,(H,11,12);/q;;+1/p-1. The van der Waals surface area contributed by atoms with Crippen LogP contribution in [0.1, 0.15) is 44.0 Å². The largest absolute Gasteiger partial charge is 1.00 e. The number of hydrogen-bond acceptors (Lipinski definition) is 8. The molecule has 2 atom stereocenters. The second-order valence-corrected chi connectivity index (χ2v) is 5.03. The van der Waals surface area contributed by atoms with Gasteiger partial charge in [-0.15, -0.1) is 0 Å². The molecular weight excluding hydrogens is 373 g/mol. The van der Waals surface area contributed by atoms with Crippen molar-refractivity contribution in [3.8, 4) is 0 Å². The van der Waals surface area contributed by atoms with Gasteiger partial charge in [-0.05, 0) is 13.8 Å². The Morgan fingerprint density at radius 3 is 1.85 bits per heavy atom. The number of carboxylic acid groups (broad SMARTS) is 1. The van der Waals surface area contributed by atoms with E-state index >= 15 is 0 Å². The van der Waals surface area contributed by atoms with Crippen LogP contribution in [0.2, 0.25) is 0 Å². The van der Waals surface area contributed by atoms with Crippen LogP contribution in [0.4, 0.5) is 8.78 Å². The quantitative estimate of drug-likeness (QED) is 0.415. The van der Waals surface area contributed by atoms with E-state index in [-0.39, 0.29) is 47.6 Å². The molecule has 8 nitrogen and oxygen atoms in total. The van der Waals surface area contributed by atoms with Gasteiger partial charge in [-0.1, -0.05) is 6.92 Å². The SMILES string of the molecule is CC(C(=O)[O-])c1ncncc1F.CCOC(=O)C(C)c1ncncc1F.[Na+]. The predicted octanol–water partition coefficient (Wildman–Crippen LogP) is -2.24. The Hall–Kier alpha value is -2.04. The Morgan fingerprint density at radius 1 is 1.04 bits per heavy atom. The van der Waals surface area contributed by atoms with Crippen LogP contribution in [0.15, 0.2) is 25.0 Å². The predicted molar refractivity (Wildman–Crippen MR) is 82.5 cm³/mol. The third-order valence-corrected chi connectivity index (χ3v) is 3.21. The van der Waals surface area contributed by atoms with Crippen molar-refractivity contribution in [1.82, 2.24) is 19.9 Å². The van der Waals surface area contributed by atoms with Gasteiger partial charge in [0, 0.05) is 5.92 Å². The third-order valence-electron chi connectivity index (χ3n) is 3.21. The van der Waals surface area contributed by atoms with E-state index in [0.29, 0.717) is 0 Å². The molecule has 0 fully saturated rings. The first kappa shape index (κ1) is 25.0. The number of carbonyl (C=O) groups is 2. The average Bonchev–Trinajstić information content (AvgIpc) is 2.62. The molecule has 0 aromatic carbocycles. The summed E-state index contributed by atoms with van der Waals surface area (Å²) in [5, 5.41) is 10.3. The number of carbonyl (C=O) groups excluding carboxylic acids is 2. The van der Waals surface area contributed by atoms with Crippen molar-refractivity contribution in [2.24, 2.45) is 0 Å². The van der Waals surface area contributed by atoms with E-state index in [1.165, 1.54) is 13.3 Å². The monoisotopic (exact) mass is 390 g/mol. The minimum atomic E-state index is -1.35. The molecule has 2 rings (SSSR count). The number of aromatic nitrogens is 4. The van der Waals surface area contributed by atoms with Crippen LogP contribution in [0, 0.1) is 11.6 Å². The summed E-state index contributed by atoms with van der Waals surface area (Å²) in [6, 6.07) is 0. The van der Waals surface area contributed by atoms with Crippen LogP contribution in [-0.4, -0.2) is 38.5 Å². The molecule has 0 saturated carbocycles. The van der Waals surface area contributed by atoms with E-state index in [4.69, 9.17) is 4.74 Å². The van der Waals surface area contributed by atoms with Crippen LogP contribution in [0.3, 0.4) is 0 Å².